The molecular weight excluding hydrogens is 557 g/mol. The molecule has 8 nitrogen and oxygen atoms in total. The molecule has 0 bridgehead atoms. The summed E-state index contributed by atoms with van der Waals surface area (Å²) in [6, 6.07) is 4.46. The number of aromatic nitrogens is 2. The van der Waals surface area contributed by atoms with Crippen LogP contribution in [0.3, 0.4) is 0 Å². The predicted octanol–water partition coefficient (Wildman–Crippen LogP) is 6.46. The summed E-state index contributed by atoms with van der Waals surface area (Å²) in [5.74, 6) is 0.467. The minimum absolute atomic E-state index is 0.0117. The van der Waals surface area contributed by atoms with Gasteiger partial charge in [0.15, 0.2) is 0 Å². The number of carbonyl (C=O) groups is 2. The summed E-state index contributed by atoms with van der Waals surface area (Å²) >= 11 is 0. The highest BCUT2D eigenvalue weighted by Gasteiger charge is 2.31. The predicted molar refractivity (Wildman–Crippen MR) is 172 cm³/mol. The Morgan fingerprint density at radius 3 is 2.48 bits per heavy atom. The average Bonchev–Trinajstić information content (AvgIpc) is 3.56. The van der Waals surface area contributed by atoms with Gasteiger partial charge in [-0.15, -0.1) is 0 Å². The first-order chi connectivity index (χ1) is 20.8. The summed E-state index contributed by atoms with van der Waals surface area (Å²) in [4.78, 5) is 36.5. The van der Waals surface area contributed by atoms with Gasteiger partial charge in [-0.05, 0) is 115 Å². The van der Waals surface area contributed by atoms with Crippen molar-refractivity contribution in [2.24, 2.45) is 11.8 Å². The summed E-state index contributed by atoms with van der Waals surface area (Å²) in [5.41, 5.74) is 3.80. The van der Waals surface area contributed by atoms with Crippen molar-refractivity contribution < 1.29 is 18.7 Å². The molecule has 0 N–H and O–H groups in total. The molecule has 3 aromatic rings. The number of benzene rings is 1. The van der Waals surface area contributed by atoms with Crippen LogP contribution >= 0.6 is 0 Å². The molecule has 9 heteroatoms. The number of amides is 2. The van der Waals surface area contributed by atoms with Gasteiger partial charge in [0.2, 0.25) is 0 Å². The first kappa shape index (κ1) is 31.9. The maximum Gasteiger partial charge on any atom is 0.410 e. The SMILES string of the molecule is Cc1cncc2c1c(C[C@H]1CCN(CC3CCN(C(=O)OC(C)(C)C)CC3)C1)cn2-c1ccc(F)cc1C(=O)N(C)C(C)C. The van der Waals surface area contributed by atoms with E-state index in [1.807, 2.05) is 56.5 Å². The Bertz CT molecular complexity index is 1500. The van der Waals surface area contributed by atoms with E-state index in [2.05, 4.69) is 23.0 Å². The van der Waals surface area contributed by atoms with Crippen molar-refractivity contribution in [1.29, 1.82) is 0 Å². The molecule has 2 aromatic heterocycles. The number of hydrogen-bond donors (Lipinski definition) is 0. The molecule has 4 heterocycles. The third-order valence-electron chi connectivity index (χ3n) is 9.19. The molecule has 44 heavy (non-hydrogen) atoms. The lowest BCUT2D eigenvalue weighted by molar-refractivity contribution is 0.0172. The van der Waals surface area contributed by atoms with E-state index in [9.17, 15) is 14.0 Å². The van der Waals surface area contributed by atoms with Crippen LogP contribution in [0.4, 0.5) is 9.18 Å². The van der Waals surface area contributed by atoms with Crippen molar-refractivity contribution in [1.82, 2.24) is 24.3 Å². The number of hydrogen-bond acceptors (Lipinski definition) is 5. The summed E-state index contributed by atoms with van der Waals surface area (Å²) in [6.45, 7) is 16.4. The van der Waals surface area contributed by atoms with E-state index >= 15 is 0 Å². The number of fused-ring (bicyclic) bond motifs is 1. The average molecular weight is 606 g/mol. The molecule has 0 aliphatic carbocycles. The molecule has 2 amide bonds. The second-order valence-corrected chi connectivity index (χ2v) is 14.1. The Morgan fingerprint density at radius 1 is 1.09 bits per heavy atom. The fraction of sp³-hybridized carbons (Fsp3) is 0.571. The Kier molecular flexibility index (Phi) is 9.35. The quantitative estimate of drug-likeness (QED) is 0.309. The van der Waals surface area contributed by atoms with E-state index in [4.69, 9.17) is 4.74 Å². The fourth-order valence-electron chi connectivity index (χ4n) is 6.66. The monoisotopic (exact) mass is 605 g/mol. The number of rotatable bonds is 7. The maximum absolute atomic E-state index is 14.4. The summed E-state index contributed by atoms with van der Waals surface area (Å²) in [5, 5.41) is 1.16. The molecule has 0 unspecified atom stereocenters. The van der Waals surface area contributed by atoms with Crippen molar-refractivity contribution >= 4 is 22.9 Å². The van der Waals surface area contributed by atoms with Gasteiger partial charge in [0.05, 0.1) is 23.0 Å². The standard InChI is InChI=1S/C35H48FN5O3/c1-23(2)38(7)33(42)29-17-28(36)8-9-30(29)41-22-27(32-24(3)18-37-19-31(32)41)16-26-10-13-39(21-26)20-25-11-14-40(15-12-25)34(43)44-35(4,5)6/h8-9,17-19,22-23,25-26H,10-16,20-21H2,1-7H3/t26-/m1/s1. The number of carbonyl (C=O) groups excluding carboxylic acids is 2. The van der Waals surface area contributed by atoms with Crippen LogP contribution in [0.25, 0.3) is 16.6 Å². The number of aryl methyl sites for hydroxylation is 1. The van der Waals surface area contributed by atoms with Crippen LogP contribution in [0.2, 0.25) is 0 Å². The number of ether oxygens (including phenoxy) is 1. The summed E-state index contributed by atoms with van der Waals surface area (Å²) < 4.78 is 22.0. The van der Waals surface area contributed by atoms with Gasteiger partial charge in [0.1, 0.15) is 11.4 Å². The van der Waals surface area contributed by atoms with Crippen molar-refractivity contribution in [3.8, 4) is 5.69 Å². The maximum atomic E-state index is 14.4. The molecular formula is C35H48FN5O3. The van der Waals surface area contributed by atoms with Gasteiger partial charge in [-0.2, -0.15) is 0 Å². The molecule has 0 spiro atoms. The van der Waals surface area contributed by atoms with E-state index in [-0.39, 0.29) is 18.0 Å². The largest absolute Gasteiger partial charge is 0.444 e. The smallest absolute Gasteiger partial charge is 0.410 e. The number of halogens is 1. The van der Waals surface area contributed by atoms with Crippen LogP contribution in [0.5, 0.6) is 0 Å². The normalized spacial score (nSPS) is 18.4. The molecule has 0 saturated carbocycles. The number of pyridine rings is 1. The lowest BCUT2D eigenvalue weighted by Crippen LogP contribution is -2.43. The number of nitrogens with zero attached hydrogens (tertiary/aromatic N) is 5. The fourth-order valence-corrected chi connectivity index (χ4v) is 6.66. The third kappa shape index (κ3) is 7.09. The van der Waals surface area contributed by atoms with Gasteiger partial charge < -0.3 is 24.0 Å². The third-order valence-corrected chi connectivity index (χ3v) is 9.19. The lowest BCUT2D eigenvalue weighted by atomic mass is 9.96. The molecule has 2 aliphatic rings. The second kappa shape index (κ2) is 12.9. The second-order valence-electron chi connectivity index (χ2n) is 14.1. The molecule has 238 valence electrons. The van der Waals surface area contributed by atoms with E-state index in [0.717, 1.165) is 74.9 Å². The van der Waals surface area contributed by atoms with Crippen LogP contribution in [0.1, 0.15) is 75.4 Å². The first-order valence-corrected chi connectivity index (χ1v) is 16.0. The van der Waals surface area contributed by atoms with Crippen molar-refractivity contribution in [3.05, 3.63) is 59.3 Å². The van der Waals surface area contributed by atoms with Crippen molar-refractivity contribution in [2.45, 2.75) is 78.9 Å². The van der Waals surface area contributed by atoms with Gasteiger partial charge in [0.25, 0.3) is 5.91 Å². The van der Waals surface area contributed by atoms with Crippen molar-refractivity contribution in [3.63, 3.8) is 0 Å². The van der Waals surface area contributed by atoms with Gasteiger partial charge >= 0.3 is 6.09 Å². The summed E-state index contributed by atoms with van der Waals surface area (Å²) in [6.07, 6.45) is 9.74. The lowest BCUT2D eigenvalue weighted by Gasteiger charge is -2.34. The minimum atomic E-state index is -0.469. The van der Waals surface area contributed by atoms with E-state index < -0.39 is 11.4 Å². The van der Waals surface area contributed by atoms with Gasteiger partial charge in [-0.1, -0.05) is 0 Å². The molecule has 1 aromatic carbocycles. The van der Waals surface area contributed by atoms with Crippen LogP contribution in [-0.4, -0.2) is 87.7 Å². The number of likely N-dealkylation sites (tertiary alicyclic amines) is 2. The van der Waals surface area contributed by atoms with Crippen LogP contribution in [-0.2, 0) is 11.2 Å². The zero-order chi connectivity index (χ0) is 31.8. The first-order valence-electron chi connectivity index (χ1n) is 16.0. The van der Waals surface area contributed by atoms with E-state index in [1.54, 1.807) is 18.0 Å². The molecule has 1 atom stereocenters. The highest BCUT2D eigenvalue weighted by Crippen LogP contribution is 2.33. The zero-order valence-electron chi connectivity index (χ0n) is 27.4. The molecule has 2 saturated heterocycles. The number of piperidine rings is 1. The van der Waals surface area contributed by atoms with Gasteiger partial charge in [-0.25, -0.2) is 9.18 Å². The molecule has 0 radical (unpaired) electrons. The topological polar surface area (TPSA) is 70.9 Å². The van der Waals surface area contributed by atoms with Crippen LogP contribution in [0, 0.1) is 24.6 Å². The minimum Gasteiger partial charge on any atom is -0.444 e. The summed E-state index contributed by atoms with van der Waals surface area (Å²) in [7, 11) is 1.75. The van der Waals surface area contributed by atoms with Crippen LogP contribution < -0.4 is 0 Å². The molecule has 5 rings (SSSR count). The van der Waals surface area contributed by atoms with Gasteiger partial charge in [0, 0.05) is 57.0 Å². The highest BCUT2D eigenvalue weighted by atomic mass is 19.1. The Balaban J connectivity index is 1.29. The van der Waals surface area contributed by atoms with E-state index in [0.29, 0.717) is 23.1 Å². The highest BCUT2D eigenvalue weighted by molar-refractivity contribution is 5.99. The molecule has 2 fully saturated rings. The van der Waals surface area contributed by atoms with Crippen LogP contribution in [0.15, 0.2) is 36.8 Å². The Morgan fingerprint density at radius 2 is 1.80 bits per heavy atom. The zero-order valence-corrected chi connectivity index (χ0v) is 27.4. The van der Waals surface area contributed by atoms with Crippen molar-refractivity contribution in [2.75, 3.05) is 39.8 Å². The Labute approximate surface area is 261 Å². The van der Waals surface area contributed by atoms with E-state index in [1.165, 1.54) is 17.7 Å². The van der Waals surface area contributed by atoms with Gasteiger partial charge in [-0.3, -0.25) is 9.78 Å². The molecule has 2 aliphatic heterocycles. The Hall–Kier alpha value is -3.46.